The number of amides is 1. The number of rotatable bonds is 49. The standard InChI is InChI=1S/C62H105NO5/c1-4-7-10-13-16-19-22-25-28-30-32-34-37-40-43-46-49-52-55-62(67)68-58(53-50-47-44-41-38-35-33-31-29-26-23-20-17-14-11-8-5-2)56-61(66)63-59(57-64)60(65)54-51-48-45-42-39-36-27-24-21-18-15-12-9-6-3/h10,13,16-17,19-20,22,25-26,28-30,32-35,41,44,58-60,64-65H,4-9,11-12,14-15,18,21,23-24,27,31,36-40,42-43,45-57H2,1-3H3,(H,63,66)/b13-10+,19-16+,20-17-,25-22+,29-26-,30-28+,34-32+,35-33-,44-41-. The highest BCUT2D eigenvalue weighted by molar-refractivity contribution is 5.77. The molecular formula is C62H105NO5. The van der Waals surface area contributed by atoms with Crippen molar-refractivity contribution < 1.29 is 24.5 Å². The van der Waals surface area contributed by atoms with E-state index in [0.717, 1.165) is 96.3 Å². The van der Waals surface area contributed by atoms with Gasteiger partial charge in [0, 0.05) is 6.42 Å². The zero-order chi connectivity index (χ0) is 49.5. The number of unbranched alkanes of at least 4 members (excludes halogenated alkanes) is 23. The summed E-state index contributed by atoms with van der Waals surface area (Å²) in [7, 11) is 0. The van der Waals surface area contributed by atoms with Crippen molar-refractivity contribution in [2.45, 2.75) is 264 Å². The van der Waals surface area contributed by atoms with Crippen LogP contribution in [0.4, 0.5) is 0 Å². The number of carbonyl (C=O) groups excluding carboxylic acids is 2. The molecule has 68 heavy (non-hydrogen) atoms. The van der Waals surface area contributed by atoms with Crippen LogP contribution in [-0.4, -0.2) is 46.9 Å². The molecule has 0 saturated heterocycles. The van der Waals surface area contributed by atoms with E-state index in [1.807, 2.05) is 24.3 Å². The number of hydrogen-bond acceptors (Lipinski definition) is 5. The zero-order valence-electron chi connectivity index (χ0n) is 44.2. The van der Waals surface area contributed by atoms with Crippen LogP contribution in [0.2, 0.25) is 0 Å². The first kappa shape index (κ1) is 64.5. The lowest BCUT2D eigenvalue weighted by Gasteiger charge is -2.24. The minimum absolute atomic E-state index is 0.0230. The van der Waals surface area contributed by atoms with Gasteiger partial charge in [-0.15, -0.1) is 0 Å². The summed E-state index contributed by atoms with van der Waals surface area (Å²) in [6, 6.07) is -0.732. The number of aliphatic hydroxyl groups excluding tert-OH is 2. The molecule has 6 heteroatoms. The Morgan fingerprint density at radius 1 is 0.441 bits per heavy atom. The normalized spacial score (nSPS) is 14.0. The van der Waals surface area contributed by atoms with Crippen LogP contribution >= 0.6 is 0 Å². The molecule has 0 spiro atoms. The van der Waals surface area contributed by atoms with Gasteiger partial charge in [-0.3, -0.25) is 9.59 Å². The maximum absolute atomic E-state index is 13.3. The number of esters is 1. The van der Waals surface area contributed by atoms with Crippen LogP contribution in [0.15, 0.2) is 109 Å². The van der Waals surface area contributed by atoms with E-state index in [1.165, 1.54) is 103 Å². The minimum atomic E-state index is -0.814. The van der Waals surface area contributed by atoms with Gasteiger partial charge in [0.2, 0.25) is 5.91 Å². The maximum Gasteiger partial charge on any atom is 0.306 e. The van der Waals surface area contributed by atoms with Crippen molar-refractivity contribution in [1.82, 2.24) is 5.32 Å². The predicted molar refractivity (Wildman–Crippen MR) is 296 cm³/mol. The molecule has 3 atom stereocenters. The van der Waals surface area contributed by atoms with E-state index >= 15 is 0 Å². The second-order valence-electron chi connectivity index (χ2n) is 18.8. The number of aliphatic hydroxyl groups is 2. The van der Waals surface area contributed by atoms with Crippen molar-refractivity contribution in [2.75, 3.05) is 6.61 Å². The van der Waals surface area contributed by atoms with Gasteiger partial charge in [0.15, 0.2) is 0 Å². The third kappa shape index (κ3) is 49.0. The zero-order valence-corrected chi connectivity index (χ0v) is 44.2. The molecule has 0 fully saturated rings. The number of hydrogen-bond donors (Lipinski definition) is 3. The molecule has 6 nitrogen and oxygen atoms in total. The molecule has 0 aromatic rings. The number of nitrogens with one attached hydrogen (secondary N) is 1. The van der Waals surface area contributed by atoms with E-state index in [9.17, 15) is 19.8 Å². The van der Waals surface area contributed by atoms with Gasteiger partial charge in [0.05, 0.1) is 25.2 Å². The van der Waals surface area contributed by atoms with Gasteiger partial charge in [-0.2, -0.15) is 0 Å². The quantitative estimate of drug-likeness (QED) is 0.0244. The third-order valence-electron chi connectivity index (χ3n) is 12.2. The highest BCUT2D eigenvalue weighted by Crippen LogP contribution is 2.17. The van der Waals surface area contributed by atoms with Gasteiger partial charge in [-0.1, -0.05) is 259 Å². The molecule has 0 aromatic heterocycles. The van der Waals surface area contributed by atoms with E-state index in [1.54, 1.807) is 0 Å². The van der Waals surface area contributed by atoms with Gasteiger partial charge in [0.25, 0.3) is 0 Å². The Morgan fingerprint density at radius 3 is 1.38 bits per heavy atom. The van der Waals surface area contributed by atoms with Crippen LogP contribution in [0, 0.1) is 0 Å². The Morgan fingerprint density at radius 2 is 0.853 bits per heavy atom. The van der Waals surface area contributed by atoms with Crippen molar-refractivity contribution in [3.63, 3.8) is 0 Å². The molecule has 0 saturated carbocycles. The summed E-state index contributed by atoms with van der Waals surface area (Å²) in [6.45, 7) is 6.35. The van der Waals surface area contributed by atoms with E-state index in [4.69, 9.17) is 4.74 Å². The topological polar surface area (TPSA) is 95.9 Å². The van der Waals surface area contributed by atoms with E-state index < -0.39 is 18.2 Å². The monoisotopic (exact) mass is 944 g/mol. The first-order valence-corrected chi connectivity index (χ1v) is 28.2. The highest BCUT2D eigenvalue weighted by atomic mass is 16.5. The average molecular weight is 945 g/mol. The summed E-state index contributed by atoms with van der Waals surface area (Å²) in [4.78, 5) is 26.3. The van der Waals surface area contributed by atoms with Crippen molar-refractivity contribution >= 4 is 11.9 Å². The molecule has 0 radical (unpaired) electrons. The molecule has 0 bridgehead atoms. The van der Waals surface area contributed by atoms with Gasteiger partial charge >= 0.3 is 5.97 Å². The molecule has 0 aliphatic heterocycles. The fourth-order valence-corrected chi connectivity index (χ4v) is 7.92. The molecule has 0 aliphatic carbocycles. The maximum atomic E-state index is 13.3. The van der Waals surface area contributed by atoms with Crippen molar-refractivity contribution in [2.24, 2.45) is 0 Å². The predicted octanol–water partition coefficient (Wildman–Crippen LogP) is 17.5. The summed E-state index contributed by atoms with van der Waals surface area (Å²) in [6.07, 6.45) is 74.3. The fourth-order valence-electron chi connectivity index (χ4n) is 7.92. The Labute approximate surface area is 419 Å². The first-order chi connectivity index (χ1) is 33.5. The van der Waals surface area contributed by atoms with Gasteiger partial charge in [-0.25, -0.2) is 0 Å². The second kappa shape index (κ2) is 54.5. The number of ether oxygens (including phenoxy) is 1. The number of carbonyl (C=O) groups is 2. The summed E-state index contributed by atoms with van der Waals surface area (Å²) in [5.74, 6) is -0.562. The van der Waals surface area contributed by atoms with Crippen molar-refractivity contribution in [3.8, 4) is 0 Å². The molecule has 1 amide bonds. The van der Waals surface area contributed by atoms with E-state index in [0.29, 0.717) is 19.3 Å². The van der Waals surface area contributed by atoms with E-state index in [2.05, 4.69) is 111 Å². The van der Waals surface area contributed by atoms with Crippen molar-refractivity contribution in [1.29, 1.82) is 0 Å². The van der Waals surface area contributed by atoms with Gasteiger partial charge in [-0.05, 0) is 83.5 Å². The molecule has 3 N–H and O–H groups in total. The lowest BCUT2D eigenvalue weighted by molar-refractivity contribution is -0.151. The number of allylic oxidation sites excluding steroid dienone is 18. The molecule has 0 heterocycles. The van der Waals surface area contributed by atoms with Crippen LogP contribution in [-0.2, 0) is 14.3 Å². The molecular weight excluding hydrogens is 839 g/mol. The summed E-state index contributed by atoms with van der Waals surface area (Å²) < 4.78 is 5.92. The molecule has 388 valence electrons. The van der Waals surface area contributed by atoms with Crippen LogP contribution < -0.4 is 5.32 Å². The summed E-state index contributed by atoms with van der Waals surface area (Å²) >= 11 is 0. The van der Waals surface area contributed by atoms with Crippen LogP contribution in [0.25, 0.3) is 0 Å². The van der Waals surface area contributed by atoms with Crippen molar-refractivity contribution in [3.05, 3.63) is 109 Å². The van der Waals surface area contributed by atoms with Gasteiger partial charge < -0.3 is 20.3 Å². The van der Waals surface area contributed by atoms with E-state index in [-0.39, 0.29) is 24.9 Å². The smallest absolute Gasteiger partial charge is 0.306 e. The van der Waals surface area contributed by atoms with Crippen LogP contribution in [0.5, 0.6) is 0 Å². The Bertz CT molecular complexity index is 1380. The average Bonchev–Trinajstić information content (AvgIpc) is 3.33. The van der Waals surface area contributed by atoms with Gasteiger partial charge in [0.1, 0.15) is 6.10 Å². The summed E-state index contributed by atoms with van der Waals surface area (Å²) in [5.41, 5.74) is 0. The minimum Gasteiger partial charge on any atom is -0.462 e. The SMILES string of the molecule is CCC/C=C/C=C/C=C/C=C/C=C/CCCCCCCC(=O)OC(CCC/C=C\C/C=C\C/C=C\C/C=C\CCCCC)CC(=O)NC(CO)C(O)CCCCCCCCCCCCCCCC. The lowest BCUT2D eigenvalue weighted by Crippen LogP contribution is -2.46. The largest absolute Gasteiger partial charge is 0.462 e. The molecule has 0 aliphatic rings. The molecule has 0 rings (SSSR count). The van der Waals surface area contributed by atoms with Crippen LogP contribution in [0.3, 0.4) is 0 Å². The molecule has 0 aromatic carbocycles. The third-order valence-corrected chi connectivity index (χ3v) is 12.2. The highest BCUT2D eigenvalue weighted by Gasteiger charge is 2.24. The Hall–Kier alpha value is -3.48. The summed E-state index contributed by atoms with van der Waals surface area (Å²) in [5, 5.41) is 23.8. The Kier molecular flexibility index (Phi) is 51.7. The lowest BCUT2D eigenvalue weighted by atomic mass is 10.0. The Balaban J connectivity index is 4.75. The first-order valence-electron chi connectivity index (χ1n) is 28.2. The second-order valence-corrected chi connectivity index (χ2v) is 18.8. The van der Waals surface area contributed by atoms with Crippen LogP contribution in [0.1, 0.15) is 245 Å². The molecule has 3 unspecified atom stereocenters. The fraction of sp³-hybridized carbons (Fsp3) is 0.677.